The standard InChI is InChI=1S/C18H24N4S/c23-18(22-10-9-21-8-4-3-5-15(21)13-22)20-12-14-11-19-17-7-2-1-6-16(14)17/h1-2,6-7,12,15,19H,3-5,8-11,13H2,(H,20,23)/b14-12-. The molecule has 4 rings (SSSR count). The second kappa shape index (κ2) is 6.49. The molecule has 122 valence electrons. The largest absolute Gasteiger partial charge is 0.380 e. The van der Waals surface area contributed by atoms with Gasteiger partial charge in [0.1, 0.15) is 0 Å². The van der Waals surface area contributed by atoms with Crippen molar-refractivity contribution in [2.75, 3.05) is 38.0 Å². The molecular formula is C18H24N4S. The number of anilines is 1. The molecule has 2 fully saturated rings. The third-order valence-electron chi connectivity index (χ3n) is 5.24. The van der Waals surface area contributed by atoms with E-state index in [0.29, 0.717) is 6.04 Å². The van der Waals surface area contributed by atoms with Gasteiger partial charge in [0.25, 0.3) is 0 Å². The van der Waals surface area contributed by atoms with Crippen molar-refractivity contribution < 1.29 is 0 Å². The Kier molecular flexibility index (Phi) is 4.23. The van der Waals surface area contributed by atoms with Crippen molar-refractivity contribution in [3.05, 3.63) is 36.0 Å². The predicted octanol–water partition coefficient (Wildman–Crippen LogP) is 2.50. The lowest BCUT2D eigenvalue weighted by Crippen LogP contribution is -2.57. The first-order valence-electron chi connectivity index (χ1n) is 8.63. The Morgan fingerprint density at radius 3 is 3.09 bits per heavy atom. The van der Waals surface area contributed by atoms with Gasteiger partial charge in [-0.2, -0.15) is 0 Å². The second-order valence-electron chi connectivity index (χ2n) is 6.65. The first kappa shape index (κ1) is 15.0. The average Bonchev–Trinajstić information content (AvgIpc) is 3.02. The van der Waals surface area contributed by atoms with E-state index in [2.05, 4.69) is 50.9 Å². The molecular weight excluding hydrogens is 304 g/mol. The molecule has 3 aliphatic rings. The zero-order chi connectivity index (χ0) is 15.6. The zero-order valence-corrected chi connectivity index (χ0v) is 14.2. The lowest BCUT2D eigenvalue weighted by Gasteiger charge is -2.44. The van der Waals surface area contributed by atoms with Crippen molar-refractivity contribution in [1.29, 1.82) is 0 Å². The number of rotatable bonds is 1. The lowest BCUT2D eigenvalue weighted by atomic mass is 10.00. The highest BCUT2D eigenvalue weighted by Crippen LogP contribution is 2.29. The van der Waals surface area contributed by atoms with Gasteiger partial charge < -0.3 is 15.5 Å². The molecule has 1 atom stereocenters. The highest BCUT2D eigenvalue weighted by Gasteiger charge is 2.29. The molecule has 0 aliphatic carbocycles. The number of piperazine rings is 1. The van der Waals surface area contributed by atoms with Gasteiger partial charge in [-0.15, -0.1) is 0 Å². The molecule has 4 nitrogen and oxygen atoms in total. The summed E-state index contributed by atoms with van der Waals surface area (Å²) in [5.41, 5.74) is 3.77. The number of benzene rings is 1. The smallest absolute Gasteiger partial charge is 0.173 e. The molecule has 0 bridgehead atoms. The summed E-state index contributed by atoms with van der Waals surface area (Å²) in [6.07, 6.45) is 6.12. The van der Waals surface area contributed by atoms with E-state index in [1.165, 1.54) is 42.6 Å². The number of fused-ring (bicyclic) bond motifs is 2. The Balaban J connectivity index is 1.38. The van der Waals surface area contributed by atoms with Crippen molar-refractivity contribution in [3.63, 3.8) is 0 Å². The molecule has 1 aromatic carbocycles. The number of nitrogens with zero attached hydrogens (tertiary/aromatic N) is 2. The number of piperidine rings is 1. The molecule has 0 amide bonds. The van der Waals surface area contributed by atoms with Crippen molar-refractivity contribution in [3.8, 4) is 0 Å². The van der Waals surface area contributed by atoms with Crippen LogP contribution >= 0.6 is 12.2 Å². The number of hydrogen-bond acceptors (Lipinski definition) is 3. The molecule has 0 spiro atoms. The maximum absolute atomic E-state index is 5.63. The molecule has 0 saturated carbocycles. The Morgan fingerprint density at radius 1 is 1.22 bits per heavy atom. The second-order valence-corrected chi connectivity index (χ2v) is 7.04. The summed E-state index contributed by atoms with van der Waals surface area (Å²) in [7, 11) is 0. The van der Waals surface area contributed by atoms with E-state index >= 15 is 0 Å². The quantitative estimate of drug-likeness (QED) is 0.774. The minimum absolute atomic E-state index is 0.693. The third kappa shape index (κ3) is 3.08. The maximum atomic E-state index is 5.63. The minimum Gasteiger partial charge on any atom is -0.380 e. The minimum atomic E-state index is 0.693. The molecule has 2 N–H and O–H groups in total. The van der Waals surface area contributed by atoms with Gasteiger partial charge in [0, 0.05) is 49.7 Å². The summed E-state index contributed by atoms with van der Waals surface area (Å²) < 4.78 is 0. The van der Waals surface area contributed by atoms with Crippen molar-refractivity contribution in [2.24, 2.45) is 0 Å². The molecule has 0 radical (unpaired) electrons. The first-order chi connectivity index (χ1) is 11.3. The first-order valence-corrected chi connectivity index (χ1v) is 9.04. The maximum Gasteiger partial charge on any atom is 0.173 e. The van der Waals surface area contributed by atoms with Crippen LogP contribution in [0.15, 0.2) is 30.5 Å². The fourth-order valence-electron chi connectivity index (χ4n) is 3.91. The monoisotopic (exact) mass is 328 g/mol. The van der Waals surface area contributed by atoms with Gasteiger partial charge in [-0.1, -0.05) is 24.6 Å². The van der Waals surface area contributed by atoms with Crippen molar-refractivity contribution in [1.82, 2.24) is 15.1 Å². The Hall–Kier alpha value is -1.59. The van der Waals surface area contributed by atoms with E-state index < -0.39 is 0 Å². The van der Waals surface area contributed by atoms with E-state index in [9.17, 15) is 0 Å². The summed E-state index contributed by atoms with van der Waals surface area (Å²) in [5.74, 6) is 0. The number of thiocarbonyl (C=S) groups is 1. The molecule has 1 unspecified atom stereocenters. The van der Waals surface area contributed by atoms with Gasteiger partial charge in [0.15, 0.2) is 5.11 Å². The van der Waals surface area contributed by atoms with Crippen LogP contribution in [0.2, 0.25) is 0 Å². The normalized spacial score (nSPS) is 25.7. The highest BCUT2D eigenvalue weighted by molar-refractivity contribution is 7.80. The topological polar surface area (TPSA) is 30.5 Å². The number of para-hydroxylation sites is 1. The predicted molar refractivity (Wildman–Crippen MR) is 99.4 cm³/mol. The van der Waals surface area contributed by atoms with Crippen LogP contribution in [0.1, 0.15) is 24.8 Å². The molecule has 5 heteroatoms. The average molecular weight is 328 g/mol. The van der Waals surface area contributed by atoms with Gasteiger partial charge in [-0.05, 0) is 43.2 Å². The van der Waals surface area contributed by atoms with E-state index in [4.69, 9.17) is 12.2 Å². The van der Waals surface area contributed by atoms with Crippen LogP contribution in [-0.4, -0.2) is 53.7 Å². The Bertz CT molecular complexity index is 627. The molecule has 23 heavy (non-hydrogen) atoms. The number of nitrogens with one attached hydrogen (secondary N) is 2. The molecule has 1 aromatic rings. The van der Waals surface area contributed by atoms with Crippen LogP contribution in [-0.2, 0) is 0 Å². The van der Waals surface area contributed by atoms with Crippen LogP contribution in [0.3, 0.4) is 0 Å². The van der Waals surface area contributed by atoms with Crippen LogP contribution in [0.25, 0.3) is 5.57 Å². The lowest BCUT2D eigenvalue weighted by molar-refractivity contribution is 0.0802. The van der Waals surface area contributed by atoms with Crippen LogP contribution in [0.4, 0.5) is 5.69 Å². The molecule has 0 aromatic heterocycles. The molecule has 2 saturated heterocycles. The highest BCUT2D eigenvalue weighted by atomic mass is 32.1. The van der Waals surface area contributed by atoms with E-state index in [-0.39, 0.29) is 0 Å². The van der Waals surface area contributed by atoms with Gasteiger partial charge in [-0.3, -0.25) is 4.90 Å². The third-order valence-corrected chi connectivity index (χ3v) is 5.61. The van der Waals surface area contributed by atoms with E-state index in [1.54, 1.807) is 0 Å². The summed E-state index contributed by atoms with van der Waals surface area (Å²) in [6.45, 7) is 5.40. The Labute approximate surface area is 143 Å². The summed E-state index contributed by atoms with van der Waals surface area (Å²) in [5, 5.41) is 7.65. The van der Waals surface area contributed by atoms with E-state index in [1.807, 2.05) is 0 Å². The van der Waals surface area contributed by atoms with Gasteiger partial charge >= 0.3 is 0 Å². The summed E-state index contributed by atoms with van der Waals surface area (Å²) >= 11 is 5.63. The van der Waals surface area contributed by atoms with Crippen molar-refractivity contribution >= 4 is 28.6 Å². The zero-order valence-electron chi connectivity index (χ0n) is 13.4. The van der Waals surface area contributed by atoms with Crippen molar-refractivity contribution in [2.45, 2.75) is 25.3 Å². The summed E-state index contributed by atoms with van der Waals surface area (Å²) in [6, 6.07) is 9.12. The number of hydrogen-bond donors (Lipinski definition) is 2. The fraction of sp³-hybridized carbons (Fsp3) is 0.500. The van der Waals surface area contributed by atoms with Crippen LogP contribution < -0.4 is 10.6 Å². The molecule has 3 aliphatic heterocycles. The fourth-order valence-corrected chi connectivity index (χ4v) is 4.14. The summed E-state index contributed by atoms with van der Waals surface area (Å²) in [4.78, 5) is 4.98. The SMILES string of the molecule is S=C(N/C=C1/CNc2ccccc21)N1CCN2CCCCC2C1. The van der Waals surface area contributed by atoms with Gasteiger partial charge in [0.05, 0.1) is 0 Å². The Morgan fingerprint density at radius 2 is 2.13 bits per heavy atom. The van der Waals surface area contributed by atoms with Crippen LogP contribution in [0, 0.1) is 0 Å². The van der Waals surface area contributed by atoms with Gasteiger partial charge in [0.2, 0.25) is 0 Å². The van der Waals surface area contributed by atoms with E-state index in [0.717, 1.165) is 31.3 Å². The van der Waals surface area contributed by atoms with Crippen LogP contribution in [0.5, 0.6) is 0 Å². The van der Waals surface area contributed by atoms with Gasteiger partial charge in [-0.25, -0.2) is 0 Å². The molecule has 3 heterocycles.